The fraction of sp³-hybridized carbons (Fsp3) is 0.579. The predicted octanol–water partition coefficient (Wildman–Crippen LogP) is 2.39. The molecule has 0 amide bonds. The highest BCUT2D eigenvalue weighted by molar-refractivity contribution is 6.30. The Hall–Kier alpha value is -2.03. The minimum Gasteiger partial charge on any atom is -0.506 e. The molecule has 150 valence electrons. The zero-order valence-electron chi connectivity index (χ0n) is 16.1. The van der Waals surface area contributed by atoms with Crippen molar-refractivity contribution in [3.63, 3.8) is 0 Å². The van der Waals surface area contributed by atoms with Gasteiger partial charge >= 0.3 is 0 Å². The summed E-state index contributed by atoms with van der Waals surface area (Å²) >= 11 is 5.84. The van der Waals surface area contributed by atoms with Gasteiger partial charge in [-0.2, -0.15) is 0 Å². The SMILES string of the molecule is Cc1nc(NC2CCCN(C3CC(C)(O)C3)C2)nnc1-c1ncc(Cl)cc1O. The number of anilines is 1. The fourth-order valence-corrected chi connectivity index (χ4v) is 4.30. The molecule has 2 aromatic heterocycles. The molecule has 1 aliphatic heterocycles. The average molecular weight is 405 g/mol. The molecule has 28 heavy (non-hydrogen) atoms. The van der Waals surface area contributed by atoms with E-state index in [0.717, 1.165) is 38.8 Å². The highest BCUT2D eigenvalue weighted by atomic mass is 35.5. The number of rotatable bonds is 4. The molecule has 1 saturated heterocycles. The molecule has 1 unspecified atom stereocenters. The minimum atomic E-state index is -0.508. The molecular formula is C19H25ClN6O2. The van der Waals surface area contributed by atoms with Gasteiger partial charge in [-0.25, -0.2) is 9.97 Å². The first-order valence-electron chi connectivity index (χ1n) is 9.60. The molecule has 9 heteroatoms. The van der Waals surface area contributed by atoms with Crippen LogP contribution in [0.2, 0.25) is 5.02 Å². The lowest BCUT2D eigenvalue weighted by Gasteiger charge is -2.49. The summed E-state index contributed by atoms with van der Waals surface area (Å²) < 4.78 is 0. The highest BCUT2D eigenvalue weighted by Crippen LogP contribution is 2.36. The highest BCUT2D eigenvalue weighted by Gasteiger charge is 2.42. The second kappa shape index (κ2) is 7.42. The van der Waals surface area contributed by atoms with Gasteiger partial charge in [0.2, 0.25) is 5.95 Å². The van der Waals surface area contributed by atoms with E-state index in [1.165, 1.54) is 12.3 Å². The van der Waals surface area contributed by atoms with Crippen molar-refractivity contribution in [2.75, 3.05) is 18.4 Å². The Morgan fingerprint density at radius 3 is 2.75 bits per heavy atom. The molecule has 2 aromatic rings. The molecule has 1 atom stereocenters. The zero-order valence-corrected chi connectivity index (χ0v) is 16.8. The standard InChI is InChI=1S/C19H25ClN6O2/c1-11-16(17-15(27)6-12(20)9-21-17)24-25-18(22-11)23-13-4-3-5-26(10-13)14-7-19(2,28)8-14/h6,9,13-14,27-28H,3-5,7-8,10H2,1-2H3,(H,22,23,25). The molecule has 0 radical (unpaired) electrons. The molecule has 0 spiro atoms. The van der Waals surface area contributed by atoms with Crippen molar-refractivity contribution < 1.29 is 10.2 Å². The zero-order chi connectivity index (χ0) is 19.9. The van der Waals surface area contributed by atoms with Crippen molar-refractivity contribution >= 4 is 17.5 Å². The van der Waals surface area contributed by atoms with Crippen LogP contribution in [-0.4, -0.2) is 66.1 Å². The molecule has 3 heterocycles. The number of pyridine rings is 1. The smallest absolute Gasteiger partial charge is 0.243 e. The average Bonchev–Trinajstić information content (AvgIpc) is 2.61. The number of aryl methyl sites for hydroxylation is 1. The summed E-state index contributed by atoms with van der Waals surface area (Å²) in [6.07, 6.45) is 5.28. The molecule has 4 rings (SSSR count). The van der Waals surface area contributed by atoms with E-state index in [0.29, 0.717) is 34.1 Å². The van der Waals surface area contributed by atoms with Crippen LogP contribution >= 0.6 is 11.6 Å². The number of hydrogen-bond acceptors (Lipinski definition) is 8. The number of hydrogen-bond donors (Lipinski definition) is 3. The van der Waals surface area contributed by atoms with Gasteiger partial charge in [0.25, 0.3) is 0 Å². The number of aromatic nitrogens is 4. The number of nitrogens with zero attached hydrogens (tertiary/aromatic N) is 5. The number of piperidine rings is 1. The van der Waals surface area contributed by atoms with E-state index in [9.17, 15) is 10.2 Å². The first-order chi connectivity index (χ1) is 13.3. The van der Waals surface area contributed by atoms with Crippen LogP contribution in [0.25, 0.3) is 11.4 Å². The predicted molar refractivity (Wildman–Crippen MR) is 106 cm³/mol. The van der Waals surface area contributed by atoms with Gasteiger partial charge in [-0.1, -0.05) is 11.6 Å². The number of halogens is 1. The van der Waals surface area contributed by atoms with Gasteiger partial charge in [0, 0.05) is 30.9 Å². The second-order valence-corrected chi connectivity index (χ2v) is 8.56. The van der Waals surface area contributed by atoms with Crippen molar-refractivity contribution in [1.29, 1.82) is 0 Å². The van der Waals surface area contributed by atoms with Crippen molar-refractivity contribution in [3.8, 4) is 17.1 Å². The van der Waals surface area contributed by atoms with Crippen molar-refractivity contribution in [1.82, 2.24) is 25.1 Å². The Labute approximate surface area is 169 Å². The van der Waals surface area contributed by atoms with Crippen molar-refractivity contribution in [2.45, 2.75) is 57.2 Å². The molecule has 2 aliphatic rings. The number of aliphatic hydroxyl groups is 1. The first-order valence-corrected chi connectivity index (χ1v) is 9.98. The lowest BCUT2D eigenvalue weighted by Crippen LogP contribution is -2.57. The Kier molecular flexibility index (Phi) is 5.11. The topological polar surface area (TPSA) is 107 Å². The van der Waals surface area contributed by atoms with E-state index >= 15 is 0 Å². The molecule has 8 nitrogen and oxygen atoms in total. The molecule has 1 aliphatic carbocycles. The Bertz CT molecular complexity index is 869. The third-order valence-corrected chi connectivity index (χ3v) is 5.78. The van der Waals surface area contributed by atoms with E-state index in [1.807, 2.05) is 13.8 Å². The van der Waals surface area contributed by atoms with Crippen LogP contribution in [0.1, 0.15) is 38.3 Å². The van der Waals surface area contributed by atoms with Crippen LogP contribution in [0.3, 0.4) is 0 Å². The van der Waals surface area contributed by atoms with E-state index in [-0.39, 0.29) is 11.8 Å². The van der Waals surface area contributed by atoms with Crippen LogP contribution in [0.4, 0.5) is 5.95 Å². The summed E-state index contributed by atoms with van der Waals surface area (Å²) in [5, 5.41) is 32.2. The normalized spacial score (nSPS) is 28.0. The van der Waals surface area contributed by atoms with Gasteiger partial charge in [-0.05, 0) is 46.1 Å². The number of nitrogens with one attached hydrogen (secondary N) is 1. The number of likely N-dealkylation sites (tertiary alicyclic amines) is 1. The molecule has 1 saturated carbocycles. The van der Waals surface area contributed by atoms with Gasteiger partial charge in [0.1, 0.15) is 17.1 Å². The Morgan fingerprint density at radius 1 is 1.29 bits per heavy atom. The molecule has 0 bridgehead atoms. The van der Waals surface area contributed by atoms with Crippen LogP contribution < -0.4 is 5.32 Å². The van der Waals surface area contributed by atoms with Gasteiger partial charge < -0.3 is 15.5 Å². The molecular weight excluding hydrogens is 380 g/mol. The van der Waals surface area contributed by atoms with Crippen molar-refractivity contribution in [3.05, 3.63) is 23.0 Å². The summed E-state index contributed by atoms with van der Waals surface area (Å²) in [7, 11) is 0. The Morgan fingerprint density at radius 2 is 2.07 bits per heavy atom. The summed E-state index contributed by atoms with van der Waals surface area (Å²) in [5.41, 5.74) is 0.869. The molecule has 3 N–H and O–H groups in total. The second-order valence-electron chi connectivity index (χ2n) is 8.13. The maximum atomic E-state index is 10.1. The van der Waals surface area contributed by atoms with Crippen LogP contribution in [0, 0.1) is 6.92 Å². The summed E-state index contributed by atoms with van der Waals surface area (Å²) in [6.45, 7) is 5.69. The Balaban J connectivity index is 1.43. The van der Waals surface area contributed by atoms with Gasteiger partial charge in [-0.3, -0.25) is 4.90 Å². The lowest BCUT2D eigenvalue weighted by atomic mass is 9.76. The van der Waals surface area contributed by atoms with E-state index in [4.69, 9.17) is 11.6 Å². The maximum absolute atomic E-state index is 10.1. The van der Waals surface area contributed by atoms with Crippen LogP contribution in [-0.2, 0) is 0 Å². The summed E-state index contributed by atoms with van der Waals surface area (Å²) in [5.74, 6) is 0.425. The van der Waals surface area contributed by atoms with E-state index in [2.05, 4.69) is 30.4 Å². The maximum Gasteiger partial charge on any atom is 0.243 e. The molecule has 2 fully saturated rings. The largest absolute Gasteiger partial charge is 0.506 e. The van der Waals surface area contributed by atoms with Crippen LogP contribution in [0.15, 0.2) is 12.3 Å². The van der Waals surface area contributed by atoms with Gasteiger partial charge in [0.05, 0.1) is 16.3 Å². The quantitative estimate of drug-likeness (QED) is 0.713. The fourth-order valence-electron chi connectivity index (χ4n) is 4.15. The lowest BCUT2D eigenvalue weighted by molar-refractivity contribution is -0.0823. The summed E-state index contributed by atoms with van der Waals surface area (Å²) in [6, 6.07) is 2.13. The number of aromatic hydroxyl groups is 1. The summed E-state index contributed by atoms with van der Waals surface area (Å²) in [4.78, 5) is 11.1. The molecule has 0 aromatic carbocycles. The van der Waals surface area contributed by atoms with Crippen LogP contribution in [0.5, 0.6) is 5.75 Å². The first kappa shape index (κ1) is 19.3. The van der Waals surface area contributed by atoms with E-state index < -0.39 is 5.60 Å². The van der Waals surface area contributed by atoms with Crippen molar-refractivity contribution in [2.24, 2.45) is 0 Å². The third kappa shape index (κ3) is 4.04. The van der Waals surface area contributed by atoms with Gasteiger partial charge in [-0.15, -0.1) is 10.2 Å². The van der Waals surface area contributed by atoms with Gasteiger partial charge in [0.15, 0.2) is 0 Å². The minimum absolute atomic E-state index is 0.0493. The van der Waals surface area contributed by atoms with E-state index in [1.54, 1.807) is 0 Å². The third-order valence-electron chi connectivity index (χ3n) is 5.57. The monoisotopic (exact) mass is 404 g/mol.